The Labute approximate surface area is 74.2 Å². The van der Waals surface area contributed by atoms with Crippen molar-refractivity contribution in [3.63, 3.8) is 0 Å². The third-order valence-corrected chi connectivity index (χ3v) is 1.74. The van der Waals surface area contributed by atoms with Crippen LogP contribution in [-0.4, -0.2) is 11.3 Å². The van der Waals surface area contributed by atoms with Crippen molar-refractivity contribution in [1.82, 2.24) is 5.32 Å². The molecular weight excluding hydrogens is 158 g/mol. The van der Waals surface area contributed by atoms with Crippen LogP contribution in [0.1, 0.15) is 39.5 Å². The van der Waals surface area contributed by atoms with Gasteiger partial charge >= 0.3 is 0 Å². The highest BCUT2D eigenvalue weighted by Crippen LogP contribution is 2.02. The Kier molecular flexibility index (Phi) is 6.42. The van der Waals surface area contributed by atoms with E-state index in [9.17, 15) is 4.79 Å². The highest BCUT2D eigenvalue weighted by Gasteiger charge is 2.01. The zero-order valence-corrected chi connectivity index (χ0v) is 8.16. The second-order valence-electron chi connectivity index (χ2n) is 2.85. The molecule has 0 aliphatic rings. The molecule has 0 bridgehead atoms. The zero-order valence-electron chi connectivity index (χ0n) is 7.26. The van der Waals surface area contributed by atoms with E-state index in [1.54, 1.807) is 0 Å². The fraction of sp³-hybridized carbons (Fsp3) is 0.875. The van der Waals surface area contributed by atoms with Crippen LogP contribution in [0, 0.1) is 0 Å². The lowest BCUT2D eigenvalue weighted by Gasteiger charge is -2.10. The van der Waals surface area contributed by atoms with Crippen LogP contribution in [0.25, 0.3) is 0 Å². The van der Waals surface area contributed by atoms with Gasteiger partial charge in [0.05, 0.1) is 0 Å². The monoisotopic (exact) mass is 175 g/mol. The minimum atomic E-state index is -0.228. The first-order valence-electron chi connectivity index (χ1n) is 4.16. The number of carbonyl (C=O) groups excluding carboxylic acids is 1. The van der Waals surface area contributed by atoms with E-state index in [2.05, 4.69) is 24.9 Å². The summed E-state index contributed by atoms with van der Waals surface area (Å²) in [5.41, 5.74) is 0. The van der Waals surface area contributed by atoms with E-state index in [0.29, 0.717) is 0 Å². The number of rotatable bonds is 5. The molecule has 0 spiro atoms. The van der Waals surface area contributed by atoms with Gasteiger partial charge in [0, 0.05) is 6.04 Å². The van der Waals surface area contributed by atoms with Crippen molar-refractivity contribution >= 4 is 17.9 Å². The third-order valence-electron chi connectivity index (χ3n) is 1.61. The summed E-state index contributed by atoms with van der Waals surface area (Å²) in [6.07, 6.45) is 4.71. The van der Waals surface area contributed by atoms with Crippen LogP contribution < -0.4 is 5.32 Å². The molecule has 0 heterocycles. The van der Waals surface area contributed by atoms with Crippen molar-refractivity contribution in [2.75, 3.05) is 0 Å². The minimum absolute atomic E-state index is 0.228. The van der Waals surface area contributed by atoms with E-state index in [1.807, 2.05) is 6.92 Å². The number of hydrogen-bond donors (Lipinski definition) is 2. The molecule has 1 unspecified atom stereocenters. The molecule has 0 saturated heterocycles. The minimum Gasteiger partial charge on any atom is -0.345 e. The van der Waals surface area contributed by atoms with Gasteiger partial charge < -0.3 is 5.32 Å². The van der Waals surface area contributed by atoms with Gasteiger partial charge in [0.15, 0.2) is 0 Å². The predicted molar refractivity (Wildman–Crippen MR) is 51.1 cm³/mol. The molecule has 11 heavy (non-hydrogen) atoms. The van der Waals surface area contributed by atoms with Gasteiger partial charge in [0.25, 0.3) is 5.24 Å². The molecule has 2 nitrogen and oxygen atoms in total. The Morgan fingerprint density at radius 2 is 2.18 bits per heavy atom. The predicted octanol–water partition coefficient (Wildman–Crippen LogP) is 2.59. The average molecular weight is 175 g/mol. The topological polar surface area (TPSA) is 29.1 Å². The van der Waals surface area contributed by atoms with E-state index >= 15 is 0 Å². The Morgan fingerprint density at radius 3 is 2.64 bits per heavy atom. The Balaban J connectivity index is 3.22. The molecule has 1 amide bonds. The van der Waals surface area contributed by atoms with Crippen LogP contribution in [-0.2, 0) is 0 Å². The number of unbranched alkanes of at least 4 members (excludes halogenated alkanes) is 2. The Morgan fingerprint density at radius 1 is 1.55 bits per heavy atom. The van der Waals surface area contributed by atoms with Crippen molar-refractivity contribution in [2.45, 2.75) is 45.6 Å². The number of hydrogen-bond acceptors (Lipinski definition) is 1. The van der Waals surface area contributed by atoms with E-state index in [1.165, 1.54) is 19.3 Å². The highest BCUT2D eigenvalue weighted by molar-refractivity contribution is 7.96. The van der Waals surface area contributed by atoms with Gasteiger partial charge in [0.1, 0.15) is 0 Å². The molecule has 1 N–H and O–H groups in total. The van der Waals surface area contributed by atoms with Gasteiger partial charge in [-0.25, -0.2) is 0 Å². The maximum atomic E-state index is 10.4. The zero-order chi connectivity index (χ0) is 8.69. The summed E-state index contributed by atoms with van der Waals surface area (Å²) >= 11 is 3.63. The molecule has 0 aliphatic heterocycles. The van der Waals surface area contributed by atoms with E-state index < -0.39 is 0 Å². The van der Waals surface area contributed by atoms with Crippen LogP contribution in [0.2, 0.25) is 0 Å². The first-order valence-corrected chi connectivity index (χ1v) is 4.61. The number of thiol groups is 1. The molecule has 0 aromatic carbocycles. The molecule has 0 aromatic heterocycles. The number of amides is 1. The molecular formula is C8H17NOS. The van der Waals surface area contributed by atoms with E-state index in [0.717, 1.165) is 6.42 Å². The van der Waals surface area contributed by atoms with E-state index in [4.69, 9.17) is 0 Å². The lowest BCUT2D eigenvalue weighted by Crippen LogP contribution is -2.27. The van der Waals surface area contributed by atoms with Crippen molar-refractivity contribution < 1.29 is 4.79 Å². The van der Waals surface area contributed by atoms with Gasteiger partial charge in [-0.1, -0.05) is 38.8 Å². The smallest absolute Gasteiger partial charge is 0.276 e. The fourth-order valence-electron chi connectivity index (χ4n) is 0.983. The molecule has 0 saturated carbocycles. The second-order valence-corrected chi connectivity index (χ2v) is 3.25. The van der Waals surface area contributed by atoms with Crippen molar-refractivity contribution in [2.24, 2.45) is 0 Å². The molecule has 1 atom stereocenters. The Hall–Kier alpha value is -0.180. The summed E-state index contributed by atoms with van der Waals surface area (Å²) in [7, 11) is 0. The lowest BCUT2D eigenvalue weighted by molar-refractivity contribution is 0.257. The van der Waals surface area contributed by atoms with Gasteiger partial charge in [-0.05, 0) is 13.3 Å². The van der Waals surface area contributed by atoms with Gasteiger partial charge in [0.2, 0.25) is 0 Å². The fourth-order valence-corrected chi connectivity index (χ4v) is 1.20. The highest BCUT2D eigenvalue weighted by atomic mass is 32.1. The summed E-state index contributed by atoms with van der Waals surface area (Å²) < 4.78 is 0. The third kappa shape index (κ3) is 7.72. The summed E-state index contributed by atoms with van der Waals surface area (Å²) in [6, 6.07) is 0.270. The molecule has 66 valence electrons. The average Bonchev–Trinajstić information content (AvgIpc) is 1.86. The maximum Gasteiger partial charge on any atom is 0.276 e. The first kappa shape index (κ1) is 10.8. The Bertz CT molecular complexity index is 117. The van der Waals surface area contributed by atoms with Crippen molar-refractivity contribution in [1.29, 1.82) is 0 Å². The number of nitrogens with one attached hydrogen (secondary N) is 1. The van der Waals surface area contributed by atoms with Crippen LogP contribution in [0.3, 0.4) is 0 Å². The lowest BCUT2D eigenvalue weighted by atomic mass is 10.1. The molecule has 0 aliphatic carbocycles. The molecule has 0 fully saturated rings. The standard InChI is InChI=1S/C8H17NOS/c1-3-4-5-6-7(2)9-8(10)11/h7H,3-6H2,1-2H3,(H2,9,10,11). The van der Waals surface area contributed by atoms with Crippen molar-refractivity contribution in [3.05, 3.63) is 0 Å². The van der Waals surface area contributed by atoms with Crippen LogP contribution in [0.5, 0.6) is 0 Å². The SMILES string of the molecule is CCCCCC(C)NC(=O)S. The second kappa shape index (κ2) is 6.53. The van der Waals surface area contributed by atoms with Crippen LogP contribution >= 0.6 is 12.6 Å². The quantitative estimate of drug-likeness (QED) is 0.488. The summed E-state index contributed by atoms with van der Waals surface area (Å²) in [4.78, 5) is 10.4. The molecule has 0 aromatic rings. The first-order chi connectivity index (χ1) is 5.16. The normalized spacial score (nSPS) is 12.6. The van der Waals surface area contributed by atoms with Gasteiger partial charge in [-0.3, -0.25) is 4.79 Å². The summed E-state index contributed by atoms with van der Waals surface area (Å²) in [6.45, 7) is 4.17. The summed E-state index contributed by atoms with van der Waals surface area (Å²) in [5, 5.41) is 2.50. The molecule has 0 radical (unpaired) electrons. The number of carbonyl (C=O) groups is 1. The molecule has 3 heteroatoms. The molecule has 0 rings (SSSR count). The van der Waals surface area contributed by atoms with Gasteiger partial charge in [-0.2, -0.15) is 0 Å². The van der Waals surface area contributed by atoms with Crippen LogP contribution in [0.4, 0.5) is 4.79 Å². The van der Waals surface area contributed by atoms with Crippen LogP contribution in [0.15, 0.2) is 0 Å². The summed E-state index contributed by atoms with van der Waals surface area (Å²) in [5.74, 6) is 0. The largest absolute Gasteiger partial charge is 0.345 e. The maximum absolute atomic E-state index is 10.4. The van der Waals surface area contributed by atoms with Gasteiger partial charge in [-0.15, -0.1) is 0 Å². The van der Waals surface area contributed by atoms with E-state index in [-0.39, 0.29) is 11.3 Å². The van der Waals surface area contributed by atoms with Crippen molar-refractivity contribution in [3.8, 4) is 0 Å².